The molecule has 3 fully saturated rings. The largest absolute Gasteiger partial charge is 0.444 e. The van der Waals surface area contributed by atoms with Gasteiger partial charge in [-0.3, -0.25) is 28.8 Å². The third-order valence-corrected chi connectivity index (χ3v) is 12.9. The van der Waals surface area contributed by atoms with Crippen LogP contribution in [0.5, 0.6) is 0 Å². The maximum atomic E-state index is 14.8. The number of benzene rings is 1. The van der Waals surface area contributed by atoms with Crippen molar-refractivity contribution in [2.24, 2.45) is 5.92 Å². The first-order valence-corrected chi connectivity index (χ1v) is 20.8. The molecule has 2 aliphatic carbocycles. The highest BCUT2D eigenvalue weighted by Gasteiger charge is 2.62. The van der Waals surface area contributed by atoms with Crippen molar-refractivity contribution in [2.45, 2.75) is 126 Å². The molecule has 18 heteroatoms. The van der Waals surface area contributed by atoms with Crippen LogP contribution >= 0.6 is 0 Å². The first-order valence-electron chi connectivity index (χ1n) is 19.3. The number of carbonyl (C=O) groups is 6. The van der Waals surface area contributed by atoms with E-state index in [0.717, 1.165) is 6.08 Å². The van der Waals surface area contributed by atoms with Crippen molar-refractivity contribution < 1.29 is 51.0 Å². The standard InChI is InChI=1S/C39H51FN6O10S/c1-6-32(47)44(5)25-13-9-7-8-12-24-19-39(24,35(50)43-57(53,54)27-15-16-27)42-33(48)31-18-26(55-37(52)45-20-23-11-10-14-29(40)28(23)22-45)21-46(31)34(49)30(17-25)41-36(51)56-38(2,3)4/h6,8,10-12,14,24-27,30-31H,1,7,9,13,15-22H2,2-5H3,(H,41,51)(H,42,48)(H,43,50)/b12-8-/t24-,25?,26?,30-,31-,39+/m0/s1. The molecule has 310 valence electrons. The predicted octanol–water partition coefficient (Wildman–Crippen LogP) is 2.77. The summed E-state index contributed by atoms with van der Waals surface area (Å²) < 4.78 is 53.7. The van der Waals surface area contributed by atoms with Crippen LogP contribution in [0.15, 0.2) is 43.0 Å². The Labute approximate surface area is 331 Å². The summed E-state index contributed by atoms with van der Waals surface area (Å²) in [4.78, 5) is 86.4. The Bertz CT molecular complexity index is 1970. The molecule has 6 amide bonds. The molecule has 2 unspecified atom stereocenters. The van der Waals surface area contributed by atoms with Gasteiger partial charge in [-0.15, -0.1) is 0 Å². The van der Waals surface area contributed by atoms with E-state index >= 15 is 0 Å². The minimum atomic E-state index is -3.98. The van der Waals surface area contributed by atoms with Crippen molar-refractivity contribution in [3.63, 3.8) is 0 Å². The molecule has 16 nitrogen and oxygen atoms in total. The third kappa shape index (κ3) is 9.42. The fourth-order valence-corrected chi connectivity index (χ4v) is 9.10. The van der Waals surface area contributed by atoms with Crippen LogP contribution < -0.4 is 15.4 Å². The van der Waals surface area contributed by atoms with Crippen LogP contribution in [0.2, 0.25) is 0 Å². The average molecular weight is 815 g/mol. The first kappa shape index (κ1) is 41.6. The number of allylic oxidation sites excluding steroid dienone is 1. The molecule has 2 saturated carbocycles. The molecule has 3 aliphatic heterocycles. The van der Waals surface area contributed by atoms with Gasteiger partial charge < -0.3 is 29.9 Å². The summed E-state index contributed by atoms with van der Waals surface area (Å²) >= 11 is 0. The highest BCUT2D eigenvalue weighted by Crippen LogP contribution is 2.46. The lowest BCUT2D eigenvalue weighted by atomic mass is 9.98. The van der Waals surface area contributed by atoms with E-state index in [9.17, 15) is 41.6 Å². The molecular formula is C39H51FN6O10S. The van der Waals surface area contributed by atoms with Crippen molar-refractivity contribution in [2.75, 3.05) is 13.6 Å². The quantitative estimate of drug-likeness (QED) is 0.272. The number of hydrogen-bond donors (Lipinski definition) is 3. The van der Waals surface area contributed by atoms with Gasteiger partial charge in [-0.2, -0.15) is 0 Å². The topological polar surface area (TPSA) is 201 Å². The van der Waals surface area contributed by atoms with E-state index < -0.39 is 98.2 Å². The van der Waals surface area contributed by atoms with Gasteiger partial charge in [-0.05, 0) is 83.4 Å². The summed E-state index contributed by atoms with van der Waals surface area (Å²) in [6.07, 6.45) is 3.96. The van der Waals surface area contributed by atoms with E-state index in [1.54, 1.807) is 46.0 Å². The predicted molar refractivity (Wildman–Crippen MR) is 203 cm³/mol. The minimum absolute atomic E-state index is 0.0450. The molecule has 6 rings (SSSR count). The third-order valence-electron chi connectivity index (χ3n) is 11.1. The molecular weight excluding hydrogens is 764 g/mol. The summed E-state index contributed by atoms with van der Waals surface area (Å²) in [6.45, 7) is 8.28. The number of amides is 6. The summed E-state index contributed by atoms with van der Waals surface area (Å²) in [5, 5.41) is 4.71. The molecule has 0 bridgehead atoms. The zero-order chi connectivity index (χ0) is 41.4. The van der Waals surface area contributed by atoms with Crippen LogP contribution in [0.4, 0.5) is 14.0 Å². The van der Waals surface area contributed by atoms with E-state index in [0.29, 0.717) is 43.2 Å². The van der Waals surface area contributed by atoms with Crippen molar-refractivity contribution in [3.8, 4) is 0 Å². The fourth-order valence-electron chi connectivity index (χ4n) is 7.74. The van der Waals surface area contributed by atoms with Crippen LogP contribution in [0, 0.1) is 11.7 Å². The van der Waals surface area contributed by atoms with Crippen LogP contribution in [-0.2, 0) is 51.8 Å². The number of nitrogens with zero attached hydrogens (tertiary/aromatic N) is 3. The van der Waals surface area contributed by atoms with Crippen molar-refractivity contribution in [1.29, 1.82) is 0 Å². The maximum Gasteiger partial charge on any atom is 0.410 e. The number of hydrogen-bond acceptors (Lipinski definition) is 10. The first-order chi connectivity index (χ1) is 26.8. The normalized spacial score (nSPS) is 28.3. The Morgan fingerprint density at radius 2 is 1.84 bits per heavy atom. The Hall–Kier alpha value is -5.00. The van der Waals surface area contributed by atoms with Gasteiger partial charge in [0.1, 0.15) is 35.1 Å². The number of fused-ring (bicyclic) bond motifs is 3. The van der Waals surface area contributed by atoms with Gasteiger partial charge in [0.15, 0.2) is 0 Å². The number of sulfonamides is 1. The van der Waals surface area contributed by atoms with Crippen molar-refractivity contribution in [1.82, 2.24) is 30.1 Å². The zero-order valence-electron chi connectivity index (χ0n) is 32.6. The number of halogens is 1. The Balaban J connectivity index is 1.32. The number of ether oxygens (including phenoxy) is 2. The smallest absolute Gasteiger partial charge is 0.410 e. The molecule has 57 heavy (non-hydrogen) atoms. The van der Waals surface area contributed by atoms with E-state index in [2.05, 4.69) is 21.9 Å². The SMILES string of the molecule is C=CC(=O)N(C)C1CCC/C=C\[C@H]2C[C@@]2(C(=O)NS(=O)(=O)C2CC2)NC(=O)[C@@H]2CC(OC(=O)N3Cc4cccc(F)c4C3)CN2C(=O)[C@@H](NC(=O)OC(C)(C)C)C1. The van der Waals surface area contributed by atoms with Crippen LogP contribution in [0.3, 0.4) is 0 Å². The Morgan fingerprint density at radius 3 is 2.51 bits per heavy atom. The van der Waals surface area contributed by atoms with Gasteiger partial charge >= 0.3 is 12.2 Å². The molecule has 6 atom stereocenters. The molecule has 0 aromatic heterocycles. The molecule has 3 N–H and O–H groups in total. The second kappa shape index (κ2) is 16.1. The molecule has 1 saturated heterocycles. The van der Waals surface area contributed by atoms with Crippen LogP contribution in [0.1, 0.15) is 83.3 Å². The number of carbonyl (C=O) groups excluding carboxylic acids is 6. The Kier molecular flexibility index (Phi) is 11.8. The van der Waals surface area contributed by atoms with Crippen molar-refractivity contribution >= 4 is 45.8 Å². The number of nitrogens with one attached hydrogen (secondary N) is 3. The second-order valence-corrected chi connectivity index (χ2v) is 18.5. The van der Waals surface area contributed by atoms with Gasteiger partial charge in [0, 0.05) is 37.5 Å². The van der Waals surface area contributed by atoms with E-state index in [1.165, 1.54) is 20.8 Å². The summed E-state index contributed by atoms with van der Waals surface area (Å²) in [5.74, 6) is -3.88. The number of likely N-dealkylation sites (N-methyl/N-ethyl adjacent to an activating group) is 1. The van der Waals surface area contributed by atoms with E-state index in [4.69, 9.17) is 9.47 Å². The Morgan fingerprint density at radius 1 is 1.11 bits per heavy atom. The number of alkyl carbamates (subject to hydrolysis) is 1. The van der Waals surface area contributed by atoms with Crippen LogP contribution in [0.25, 0.3) is 0 Å². The molecule has 3 heterocycles. The lowest BCUT2D eigenvalue weighted by Crippen LogP contribution is -2.59. The summed E-state index contributed by atoms with van der Waals surface area (Å²) in [5.41, 5.74) is -1.61. The summed E-state index contributed by atoms with van der Waals surface area (Å²) in [6, 6.07) is 1.25. The average Bonchev–Trinajstić information content (AvgIpc) is 4.02. The highest BCUT2D eigenvalue weighted by atomic mass is 32.2. The van der Waals surface area contributed by atoms with E-state index in [1.807, 2.05) is 6.08 Å². The molecule has 1 aromatic carbocycles. The minimum Gasteiger partial charge on any atom is -0.444 e. The number of rotatable bonds is 7. The van der Waals surface area contributed by atoms with Gasteiger partial charge in [0.2, 0.25) is 27.7 Å². The van der Waals surface area contributed by atoms with Crippen molar-refractivity contribution in [3.05, 3.63) is 60.0 Å². The second-order valence-electron chi connectivity index (χ2n) is 16.5. The molecule has 0 spiro atoms. The summed E-state index contributed by atoms with van der Waals surface area (Å²) in [7, 11) is -2.42. The van der Waals surface area contributed by atoms with Gasteiger partial charge in [0.25, 0.3) is 5.91 Å². The van der Waals surface area contributed by atoms with Gasteiger partial charge in [-0.1, -0.05) is 30.9 Å². The molecule has 1 aromatic rings. The molecule has 5 aliphatic rings. The maximum absolute atomic E-state index is 14.8. The fraction of sp³-hybridized carbons (Fsp3) is 0.590. The van der Waals surface area contributed by atoms with Gasteiger partial charge in [-0.25, -0.2) is 22.4 Å². The highest BCUT2D eigenvalue weighted by molar-refractivity contribution is 7.91. The van der Waals surface area contributed by atoms with Crippen LogP contribution in [-0.4, -0.2) is 113 Å². The van der Waals surface area contributed by atoms with Gasteiger partial charge in [0.05, 0.1) is 18.3 Å². The lowest BCUT2D eigenvalue weighted by molar-refractivity contribution is -0.141. The van der Waals surface area contributed by atoms with E-state index in [-0.39, 0.29) is 38.9 Å². The molecule has 0 radical (unpaired) electrons. The zero-order valence-corrected chi connectivity index (χ0v) is 33.4. The lowest BCUT2D eigenvalue weighted by Gasteiger charge is -2.34. The monoisotopic (exact) mass is 814 g/mol.